The third kappa shape index (κ3) is 5.66. The first-order chi connectivity index (χ1) is 8.27. The zero-order valence-electron chi connectivity index (χ0n) is 11.3. The lowest BCUT2D eigenvalue weighted by Crippen LogP contribution is -2.42. The van der Waals surface area contributed by atoms with Crippen molar-refractivity contribution in [2.75, 3.05) is 31.1 Å². The van der Waals surface area contributed by atoms with Gasteiger partial charge in [-0.2, -0.15) is 11.8 Å². The van der Waals surface area contributed by atoms with E-state index in [1.54, 1.807) is 0 Å². The topological polar surface area (TPSA) is 41.6 Å². The summed E-state index contributed by atoms with van der Waals surface area (Å²) in [5.74, 6) is 3.85. The number of hydrogen-bond acceptors (Lipinski definition) is 2. The molecule has 0 amide bonds. The highest BCUT2D eigenvalue weighted by molar-refractivity contribution is 7.99. The molecular formula is C13H27N3S. The molecule has 0 aromatic heterocycles. The molecule has 4 heteroatoms. The molecule has 1 aliphatic rings. The van der Waals surface area contributed by atoms with E-state index in [0.717, 1.165) is 25.6 Å². The summed E-state index contributed by atoms with van der Waals surface area (Å²) in [4.78, 5) is 6.81. The molecule has 0 bridgehead atoms. The summed E-state index contributed by atoms with van der Waals surface area (Å²) in [5, 5.41) is 0. The van der Waals surface area contributed by atoms with Gasteiger partial charge in [-0.1, -0.05) is 33.1 Å². The summed E-state index contributed by atoms with van der Waals surface area (Å²) in [6, 6.07) is 0. The summed E-state index contributed by atoms with van der Waals surface area (Å²) >= 11 is 2.00. The number of nitrogens with zero attached hydrogens (tertiary/aromatic N) is 2. The van der Waals surface area contributed by atoms with E-state index in [9.17, 15) is 0 Å². The van der Waals surface area contributed by atoms with E-state index in [2.05, 4.69) is 23.7 Å². The lowest BCUT2D eigenvalue weighted by atomic mass is 10.00. The van der Waals surface area contributed by atoms with Crippen molar-refractivity contribution in [3.05, 3.63) is 0 Å². The fourth-order valence-electron chi connectivity index (χ4n) is 2.03. The van der Waals surface area contributed by atoms with Gasteiger partial charge in [-0.05, 0) is 12.3 Å². The van der Waals surface area contributed by atoms with Crippen molar-refractivity contribution >= 4 is 17.7 Å². The second-order valence-corrected chi connectivity index (χ2v) is 5.94. The number of thioether (sulfide) groups is 1. The van der Waals surface area contributed by atoms with Gasteiger partial charge in [-0.15, -0.1) is 0 Å². The normalized spacial score (nSPS) is 19.4. The maximum Gasteiger partial charge on any atom is 0.191 e. The minimum absolute atomic E-state index is 0.715. The Balaban J connectivity index is 2.33. The van der Waals surface area contributed by atoms with Crippen molar-refractivity contribution in [3.8, 4) is 0 Å². The zero-order chi connectivity index (χ0) is 12.5. The molecule has 0 saturated carbocycles. The zero-order valence-corrected chi connectivity index (χ0v) is 12.1. The van der Waals surface area contributed by atoms with Gasteiger partial charge < -0.3 is 10.6 Å². The first-order valence-corrected chi connectivity index (χ1v) is 8.06. The highest BCUT2D eigenvalue weighted by Crippen LogP contribution is 2.13. The van der Waals surface area contributed by atoms with Gasteiger partial charge in [0.1, 0.15) is 0 Å². The first kappa shape index (κ1) is 14.7. The van der Waals surface area contributed by atoms with Crippen LogP contribution in [0.5, 0.6) is 0 Å². The summed E-state index contributed by atoms with van der Waals surface area (Å²) in [5.41, 5.74) is 6.05. The van der Waals surface area contributed by atoms with Gasteiger partial charge in [0.15, 0.2) is 5.96 Å². The molecule has 1 fully saturated rings. The number of rotatable bonds is 6. The van der Waals surface area contributed by atoms with Crippen molar-refractivity contribution in [2.45, 2.75) is 39.5 Å². The third-order valence-corrected chi connectivity index (χ3v) is 4.33. The molecule has 2 N–H and O–H groups in total. The van der Waals surface area contributed by atoms with Crippen LogP contribution in [0.3, 0.4) is 0 Å². The minimum atomic E-state index is 0.715. The molecule has 1 saturated heterocycles. The smallest absolute Gasteiger partial charge is 0.191 e. The molecule has 1 heterocycles. The Bertz CT molecular complexity index is 225. The van der Waals surface area contributed by atoms with Gasteiger partial charge in [-0.25, -0.2) is 0 Å². The van der Waals surface area contributed by atoms with Crippen molar-refractivity contribution in [1.29, 1.82) is 0 Å². The molecule has 0 spiro atoms. The molecule has 1 atom stereocenters. The molecule has 3 nitrogen and oxygen atoms in total. The summed E-state index contributed by atoms with van der Waals surface area (Å²) in [6.07, 6.45) is 5.10. The molecule has 100 valence electrons. The van der Waals surface area contributed by atoms with Crippen LogP contribution in [0.2, 0.25) is 0 Å². The van der Waals surface area contributed by atoms with E-state index < -0.39 is 0 Å². The quantitative estimate of drug-likeness (QED) is 0.587. The largest absolute Gasteiger partial charge is 0.370 e. The Morgan fingerprint density at radius 2 is 2.06 bits per heavy atom. The molecule has 0 aliphatic carbocycles. The summed E-state index contributed by atoms with van der Waals surface area (Å²) in [6.45, 7) is 7.53. The number of unbranched alkanes of at least 4 members (excludes halogenated alkanes) is 1. The van der Waals surface area contributed by atoms with Crippen LogP contribution in [0.15, 0.2) is 4.99 Å². The van der Waals surface area contributed by atoms with Crippen molar-refractivity contribution in [1.82, 2.24) is 4.90 Å². The predicted octanol–water partition coefficient (Wildman–Crippen LogP) is 2.57. The Morgan fingerprint density at radius 1 is 1.35 bits per heavy atom. The van der Waals surface area contributed by atoms with Gasteiger partial charge in [0, 0.05) is 31.1 Å². The average Bonchev–Trinajstić information content (AvgIpc) is 2.39. The van der Waals surface area contributed by atoms with E-state index in [4.69, 9.17) is 5.73 Å². The van der Waals surface area contributed by atoms with Crippen molar-refractivity contribution in [3.63, 3.8) is 0 Å². The summed E-state index contributed by atoms with van der Waals surface area (Å²) in [7, 11) is 0. The molecule has 0 aromatic carbocycles. The van der Waals surface area contributed by atoms with Crippen molar-refractivity contribution < 1.29 is 0 Å². The van der Waals surface area contributed by atoms with Crippen LogP contribution in [0, 0.1) is 5.92 Å². The Labute approximate surface area is 110 Å². The third-order valence-electron chi connectivity index (χ3n) is 3.39. The average molecular weight is 257 g/mol. The van der Waals surface area contributed by atoms with Crippen LogP contribution >= 0.6 is 11.8 Å². The molecule has 17 heavy (non-hydrogen) atoms. The van der Waals surface area contributed by atoms with Crippen LogP contribution in [0.1, 0.15) is 39.5 Å². The number of aliphatic imine (C=N–C) groups is 1. The Hall–Kier alpha value is -0.380. The second-order valence-electron chi connectivity index (χ2n) is 4.71. The SMILES string of the molecule is CCCCC(CC)CN=C(N)N1CCSCC1. The predicted molar refractivity (Wildman–Crippen MR) is 78.7 cm³/mol. The van der Waals surface area contributed by atoms with Gasteiger partial charge in [0.05, 0.1) is 0 Å². The number of hydrogen-bond donors (Lipinski definition) is 1. The van der Waals surface area contributed by atoms with E-state index in [0.29, 0.717) is 5.92 Å². The highest BCUT2D eigenvalue weighted by atomic mass is 32.2. The Morgan fingerprint density at radius 3 is 2.65 bits per heavy atom. The van der Waals surface area contributed by atoms with Crippen LogP contribution in [-0.2, 0) is 0 Å². The van der Waals surface area contributed by atoms with Crippen LogP contribution in [0.25, 0.3) is 0 Å². The lowest BCUT2D eigenvalue weighted by Gasteiger charge is -2.27. The van der Waals surface area contributed by atoms with Crippen LogP contribution in [0.4, 0.5) is 0 Å². The molecular weight excluding hydrogens is 230 g/mol. The fraction of sp³-hybridized carbons (Fsp3) is 0.923. The van der Waals surface area contributed by atoms with Gasteiger partial charge in [-0.3, -0.25) is 4.99 Å². The Kier molecular flexibility index (Phi) is 7.49. The maximum absolute atomic E-state index is 6.05. The van der Waals surface area contributed by atoms with E-state index in [1.807, 2.05) is 11.8 Å². The standard InChI is InChI=1S/C13H27N3S/c1-3-5-6-12(4-2)11-15-13(14)16-7-9-17-10-8-16/h12H,3-11H2,1-2H3,(H2,14,15). The molecule has 1 aliphatic heterocycles. The second kappa shape index (κ2) is 8.67. The highest BCUT2D eigenvalue weighted by Gasteiger charge is 2.12. The van der Waals surface area contributed by atoms with Crippen LogP contribution in [-0.4, -0.2) is 42.0 Å². The van der Waals surface area contributed by atoms with Gasteiger partial charge in [0.2, 0.25) is 0 Å². The van der Waals surface area contributed by atoms with Crippen molar-refractivity contribution in [2.24, 2.45) is 16.6 Å². The van der Waals surface area contributed by atoms with E-state index in [-0.39, 0.29) is 0 Å². The van der Waals surface area contributed by atoms with Crippen LogP contribution < -0.4 is 5.73 Å². The molecule has 0 aromatic rings. The minimum Gasteiger partial charge on any atom is -0.370 e. The molecule has 1 rings (SSSR count). The van der Waals surface area contributed by atoms with E-state index >= 15 is 0 Å². The summed E-state index contributed by atoms with van der Waals surface area (Å²) < 4.78 is 0. The fourth-order valence-corrected chi connectivity index (χ4v) is 2.94. The van der Waals surface area contributed by atoms with Gasteiger partial charge in [0.25, 0.3) is 0 Å². The molecule has 0 radical (unpaired) electrons. The van der Waals surface area contributed by atoms with E-state index in [1.165, 1.54) is 37.2 Å². The maximum atomic E-state index is 6.05. The molecule has 1 unspecified atom stereocenters. The lowest BCUT2D eigenvalue weighted by molar-refractivity contribution is 0.437. The first-order valence-electron chi connectivity index (χ1n) is 6.90. The number of guanidine groups is 1. The monoisotopic (exact) mass is 257 g/mol. The number of nitrogens with two attached hydrogens (primary N) is 1. The van der Waals surface area contributed by atoms with Gasteiger partial charge >= 0.3 is 0 Å².